The molecule has 1 saturated heterocycles. The van der Waals surface area contributed by atoms with Gasteiger partial charge < -0.3 is 25.0 Å². The van der Waals surface area contributed by atoms with Crippen molar-refractivity contribution in [1.29, 1.82) is 0 Å². The van der Waals surface area contributed by atoms with Crippen LogP contribution in [0, 0.1) is 0 Å². The smallest absolute Gasteiger partial charge is 0.255 e. The zero-order chi connectivity index (χ0) is 21.7. The maximum atomic E-state index is 12.3. The normalized spacial score (nSPS) is 18.8. The van der Waals surface area contributed by atoms with Gasteiger partial charge in [0.05, 0.1) is 12.6 Å². The van der Waals surface area contributed by atoms with Gasteiger partial charge in [-0.15, -0.1) is 0 Å². The van der Waals surface area contributed by atoms with Crippen molar-refractivity contribution in [3.05, 3.63) is 65.7 Å². The number of rotatable bonds is 6. The van der Waals surface area contributed by atoms with Gasteiger partial charge in [-0.1, -0.05) is 30.3 Å². The maximum absolute atomic E-state index is 12.3. The number of nitrogens with zero attached hydrogens (tertiary/aromatic N) is 2. The molecule has 0 saturated carbocycles. The molecule has 0 unspecified atom stereocenters. The minimum absolute atomic E-state index is 0.123. The van der Waals surface area contributed by atoms with Crippen molar-refractivity contribution in [3.63, 3.8) is 0 Å². The lowest BCUT2D eigenvalue weighted by molar-refractivity contribution is -0.164. The van der Waals surface area contributed by atoms with Crippen LogP contribution in [0.3, 0.4) is 0 Å². The number of nitrogens with one attached hydrogen (secondary N) is 1. The van der Waals surface area contributed by atoms with Crippen molar-refractivity contribution in [3.8, 4) is 0 Å². The molecule has 30 heavy (non-hydrogen) atoms. The second-order valence-electron chi connectivity index (χ2n) is 7.23. The Morgan fingerprint density at radius 3 is 2.40 bits per heavy atom. The molecule has 1 heterocycles. The zero-order valence-electron chi connectivity index (χ0n) is 16.9. The number of carbonyl (C=O) groups is 3. The summed E-state index contributed by atoms with van der Waals surface area (Å²) < 4.78 is 5.68. The Balaban J connectivity index is 1.73. The summed E-state index contributed by atoms with van der Waals surface area (Å²) in [6.45, 7) is -0.639. The Labute approximate surface area is 175 Å². The number of aliphatic hydroxyl groups is 1. The predicted octanol–water partition coefficient (Wildman–Crippen LogP) is 1.29. The number of hydrogen-bond donors (Lipinski definition) is 2. The van der Waals surface area contributed by atoms with Gasteiger partial charge in [0, 0.05) is 25.3 Å². The third kappa shape index (κ3) is 4.84. The number of anilines is 1. The fourth-order valence-corrected chi connectivity index (χ4v) is 3.26. The van der Waals surface area contributed by atoms with Crippen LogP contribution in [0.1, 0.15) is 22.0 Å². The van der Waals surface area contributed by atoms with E-state index < -0.39 is 12.1 Å². The molecular formula is C22H25N3O5. The van der Waals surface area contributed by atoms with Crippen LogP contribution in [-0.4, -0.2) is 72.5 Å². The molecule has 8 nitrogen and oxygen atoms in total. The first-order chi connectivity index (χ1) is 14.4. The van der Waals surface area contributed by atoms with Crippen LogP contribution in [0.15, 0.2) is 54.6 Å². The van der Waals surface area contributed by atoms with Crippen LogP contribution in [0.4, 0.5) is 5.69 Å². The maximum Gasteiger partial charge on any atom is 0.255 e. The van der Waals surface area contributed by atoms with Crippen molar-refractivity contribution >= 4 is 23.4 Å². The van der Waals surface area contributed by atoms with Gasteiger partial charge >= 0.3 is 0 Å². The van der Waals surface area contributed by atoms with Crippen LogP contribution in [-0.2, 0) is 14.3 Å². The lowest BCUT2D eigenvalue weighted by Gasteiger charge is -2.40. The molecule has 0 radical (unpaired) electrons. The van der Waals surface area contributed by atoms with Crippen LogP contribution >= 0.6 is 0 Å². The molecule has 1 aliphatic heterocycles. The molecule has 0 bridgehead atoms. The molecule has 0 aliphatic carbocycles. The van der Waals surface area contributed by atoms with E-state index in [1.54, 1.807) is 62.6 Å². The van der Waals surface area contributed by atoms with Crippen molar-refractivity contribution in [2.45, 2.75) is 12.1 Å². The Morgan fingerprint density at radius 1 is 1.13 bits per heavy atom. The SMILES string of the molecule is CN(C)C(=O)CN1C(=O)CO[C@H](c2ccc(NC(=O)c3ccccc3)cc2)[C@H]1CO. The van der Waals surface area contributed by atoms with Gasteiger partial charge in [-0.05, 0) is 29.8 Å². The third-order valence-electron chi connectivity index (χ3n) is 4.98. The average Bonchev–Trinajstić information content (AvgIpc) is 2.76. The quantitative estimate of drug-likeness (QED) is 0.746. The standard InChI is InChI=1S/C22H25N3O5/c1-24(2)19(27)12-25-18(13-26)21(30-14-20(25)28)15-8-10-17(11-9-15)23-22(29)16-6-4-3-5-7-16/h3-11,18,21,26H,12-14H2,1-2H3,(H,23,29)/t18-,21-/m1/s1. The minimum Gasteiger partial charge on any atom is -0.394 e. The van der Waals surface area contributed by atoms with E-state index in [1.807, 2.05) is 6.07 Å². The molecule has 2 aromatic carbocycles. The third-order valence-corrected chi connectivity index (χ3v) is 4.98. The van der Waals surface area contributed by atoms with E-state index in [4.69, 9.17) is 4.74 Å². The minimum atomic E-state index is -0.681. The van der Waals surface area contributed by atoms with Gasteiger partial charge in [0.1, 0.15) is 19.3 Å². The molecule has 0 aromatic heterocycles. The summed E-state index contributed by atoms with van der Waals surface area (Å²) in [5.41, 5.74) is 1.90. The van der Waals surface area contributed by atoms with E-state index in [-0.39, 0.29) is 37.5 Å². The first-order valence-electron chi connectivity index (χ1n) is 9.59. The van der Waals surface area contributed by atoms with Crippen molar-refractivity contribution < 1.29 is 24.2 Å². The number of likely N-dealkylation sites (N-methyl/N-ethyl adjacent to an activating group) is 1. The van der Waals surface area contributed by atoms with Gasteiger partial charge in [0.2, 0.25) is 11.8 Å². The topological polar surface area (TPSA) is 99.2 Å². The summed E-state index contributed by atoms with van der Waals surface area (Å²) in [4.78, 5) is 39.4. The van der Waals surface area contributed by atoms with Gasteiger partial charge in [0.15, 0.2) is 0 Å². The van der Waals surface area contributed by atoms with Crippen LogP contribution in [0.2, 0.25) is 0 Å². The average molecular weight is 411 g/mol. The molecule has 2 aromatic rings. The number of carbonyl (C=O) groups excluding carboxylic acids is 3. The summed E-state index contributed by atoms with van der Waals surface area (Å²) in [7, 11) is 3.22. The summed E-state index contributed by atoms with van der Waals surface area (Å²) in [6, 6.07) is 15.2. The largest absolute Gasteiger partial charge is 0.394 e. The molecule has 158 valence electrons. The van der Waals surface area contributed by atoms with Gasteiger partial charge in [0.25, 0.3) is 5.91 Å². The second-order valence-corrected chi connectivity index (χ2v) is 7.23. The lowest BCUT2D eigenvalue weighted by atomic mass is 9.99. The van der Waals surface area contributed by atoms with Crippen LogP contribution < -0.4 is 5.32 Å². The summed E-state index contributed by atoms with van der Waals surface area (Å²) >= 11 is 0. The number of aliphatic hydroxyl groups excluding tert-OH is 1. The van der Waals surface area contributed by atoms with Gasteiger partial charge in [-0.2, -0.15) is 0 Å². The first-order valence-corrected chi connectivity index (χ1v) is 9.59. The lowest BCUT2D eigenvalue weighted by Crippen LogP contribution is -2.55. The highest BCUT2D eigenvalue weighted by Crippen LogP contribution is 2.30. The van der Waals surface area contributed by atoms with Crippen molar-refractivity contribution in [2.24, 2.45) is 0 Å². The number of ether oxygens (including phenoxy) is 1. The number of amides is 3. The second kappa shape index (κ2) is 9.51. The Hall–Kier alpha value is -3.23. The fraction of sp³-hybridized carbons (Fsp3) is 0.318. The molecular weight excluding hydrogens is 386 g/mol. The van der Waals surface area contributed by atoms with E-state index in [0.29, 0.717) is 11.3 Å². The Morgan fingerprint density at radius 2 is 1.80 bits per heavy atom. The highest BCUT2D eigenvalue weighted by atomic mass is 16.5. The summed E-state index contributed by atoms with van der Waals surface area (Å²) in [5.74, 6) is -0.793. The van der Waals surface area contributed by atoms with E-state index in [1.165, 1.54) is 9.80 Å². The van der Waals surface area contributed by atoms with E-state index in [0.717, 1.165) is 5.56 Å². The highest BCUT2D eigenvalue weighted by molar-refractivity contribution is 6.04. The first kappa shape index (κ1) is 21.5. The summed E-state index contributed by atoms with van der Waals surface area (Å²) in [6.07, 6.45) is -0.582. The van der Waals surface area contributed by atoms with Crippen molar-refractivity contribution in [1.82, 2.24) is 9.80 Å². The zero-order valence-corrected chi connectivity index (χ0v) is 16.9. The molecule has 2 N–H and O–H groups in total. The number of morpholine rings is 1. The van der Waals surface area contributed by atoms with Gasteiger partial charge in [-0.25, -0.2) is 0 Å². The predicted molar refractivity (Wildman–Crippen MR) is 111 cm³/mol. The number of hydrogen-bond acceptors (Lipinski definition) is 5. The Bertz CT molecular complexity index is 899. The molecule has 3 rings (SSSR count). The molecule has 2 atom stereocenters. The monoisotopic (exact) mass is 411 g/mol. The van der Waals surface area contributed by atoms with Crippen molar-refractivity contribution in [2.75, 3.05) is 39.2 Å². The number of benzene rings is 2. The Kier molecular flexibility index (Phi) is 6.81. The van der Waals surface area contributed by atoms with E-state index in [9.17, 15) is 19.5 Å². The molecule has 1 fully saturated rings. The molecule has 3 amide bonds. The van der Waals surface area contributed by atoms with E-state index >= 15 is 0 Å². The van der Waals surface area contributed by atoms with Crippen LogP contribution in [0.5, 0.6) is 0 Å². The summed E-state index contributed by atoms with van der Waals surface area (Å²) in [5, 5.41) is 12.7. The molecule has 1 aliphatic rings. The van der Waals surface area contributed by atoms with E-state index in [2.05, 4.69) is 5.32 Å². The fourth-order valence-electron chi connectivity index (χ4n) is 3.26. The van der Waals surface area contributed by atoms with Crippen LogP contribution in [0.25, 0.3) is 0 Å². The highest BCUT2D eigenvalue weighted by Gasteiger charge is 2.38. The van der Waals surface area contributed by atoms with Gasteiger partial charge in [-0.3, -0.25) is 14.4 Å². The molecule has 0 spiro atoms. The molecule has 8 heteroatoms.